The molecule has 0 aromatic heterocycles. The minimum absolute atomic E-state index is 0.0231. The molecule has 0 radical (unpaired) electrons. The van der Waals surface area contributed by atoms with Crippen LogP contribution in [0.25, 0.3) is 0 Å². The van der Waals surface area contributed by atoms with Gasteiger partial charge in [0.15, 0.2) is 0 Å². The number of allylic oxidation sites excluding steroid dienone is 1. The van der Waals surface area contributed by atoms with Crippen LogP contribution < -0.4 is 0 Å². The van der Waals surface area contributed by atoms with E-state index in [0.717, 1.165) is 12.0 Å². The normalized spacial score (nSPS) is 23.2. The third-order valence-electron chi connectivity index (χ3n) is 6.58. The number of hydrogen-bond acceptors (Lipinski definition) is 7. The van der Waals surface area contributed by atoms with Gasteiger partial charge in [-0.25, -0.2) is 4.79 Å². The Bertz CT molecular complexity index is 1230. The quantitative estimate of drug-likeness (QED) is 0.281. The van der Waals surface area contributed by atoms with Gasteiger partial charge in [0.05, 0.1) is 28.9 Å². The van der Waals surface area contributed by atoms with Gasteiger partial charge in [-0.15, -0.1) is 0 Å². The Labute approximate surface area is 210 Å². The SMILES string of the molecule is CCOC(=O)C1=C([C@@H]2C[C@H]2c2ccccc2)N=C(C)C(C(=O)OC(C)C)C1c1cccc([N+](=O)[O-])c1. The Hall–Kier alpha value is -3.81. The van der Waals surface area contributed by atoms with Gasteiger partial charge < -0.3 is 9.47 Å². The van der Waals surface area contributed by atoms with Gasteiger partial charge in [-0.2, -0.15) is 0 Å². The lowest BCUT2D eigenvalue weighted by atomic mass is 9.74. The summed E-state index contributed by atoms with van der Waals surface area (Å²) in [7, 11) is 0. The van der Waals surface area contributed by atoms with Crippen LogP contribution in [0.3, 0.4) is 0 Å². The van der Waals surface area contributed by atoms with Crippen LogP contribution in [0, 0.1) is 22.0 Å². The van der Waals surface area contributed by atoms with E-state index < -0.39 is 28.7 Å². The van der Waals surface area contributed by atoms with Crippen molar-refractivity contribution in [2.45, 2.75) is 52.1 Å². The van der Waals surface area contributed by atoms with E-state index >= 15 is 0 Å². The van der Waals surface area contributed by atoms with E-state index in [9.17, 15) is 19.7 Å². The van der Waals surface area contributed by atoms with Crippen LogP contribution in [-0.2, 0) is 19.1 Å². The maximum Gasteiger partial charge on any atom is 0.336 e. The molecule has 0 N–H and O–H groups in total. The number of nitrogens with zero attached hydrogens (tertiary/aromatic N) is 2. The van der Waals surface area contributed by atoms with E-state index in [0.29, 0.717) is 17.0 Å². The number of nitro groups is 1. The standard InChI is InChI=1S/C28H30N2O6/c1-5-35-27(31)25-24(19-12-9-13-20(14-19)30(33)34)23(28(32)36-16(2)3)17(4)29-26(25)22-15-21(22)18-10-7-6-8-11-18/h6-14,16,21-24H,5,15H2,1-4H3/t21-,22+,23?,24?/m0/s1. The summed E-state index contributed by atoms with van der Waals surface area (Å²) in [5.74, 6) is -2.66. The van der Waals surface area contributed by atoms with Gasteiger partial charge in [0.1, 0.15) is 5.92 Å². The van der Waals surface area contributed by atoms with Crippen LogP contribution in [0.5, 0.6) is 0 Å². The van der Waals surface area contributed by atoms with Crippen molar-refractivity contribution in [2.24, 2.45) is 16.8 Å². The highest BCUT2D eigenvalue weighted by molar-refractivity contribution is 6.07. The van der Waals surface area contributed by atoms with Crippen LogP contribution in [0.15, 0.2) is 70.9 Å². The number of ether oxygens (including phenoxy) is 2. The number of nitro benzene ring substituents is 1. The maximum atomic E-state index is 13.4. The average molecular weight is 491 g/mol. The third kappa shape index (κ3) is 5.08. The zero-order valence-corrected chi connectivity index (χ0v) is 20.8. The molecule has 2 aliphatic rings. The van der Waals surface area contributed by atoms with Crippen LogP contribution in [0.2, 0.25) is 0 Å². The van der Waals surface area contributed by atoms with Gasteiger partial charge in [-0.3, -0.25) is 19.9 Å². The molecule has 4 rings (SSSR count). The minimum Gasteiger partial charge on any atom is -0.463 e. The van der Waals surface area contributed by atoms with E-state index in [-0.39, 0.29) is 35.8 Å². The van der Waals surface area contributed by atoms with Crippen molar-refractivity contribution in [2.75, 3.05) is 6.61 Å². The van der Waals surface area contributed by atoms with Gasteiger partial charge in [0, 0.05) is 29.7 Å². The average Bonchev–Trinajstić information content (AvgIpc) is 3.64. The molecule has 2 unspecified atom stereocenters. The third-order valence-corrected chi connectivity index (χ3v) is 6.58. The maximum absolute atomic E-state index is 13.4. The number of benzene rings is 2. The minimum atomic E-state index is -0.911. The number of aliphatic imine (C=N–C) groups is 1. The Balaban J connectivity index is 1.88. The molecule has 1 aliphatic carbocycles. The van der Waals surface area contributed by atoms with Gasteiger partial charge in [-0.1, -0.05) is 42.5 Å². The highest BCUT2D eigenvalue weighted by Gasteiger charge is 2.50. The molecule has 0 saturated heterocycles. The Morgan fingerprint density at radius 2 is 1.78 bits per heavy atom. The van der Waals surface area contributed by atoms with Crippen molar-refractivity contribution in [1.82, 2.24) is 0 Å². The summed E-state index contributed by atoms with van der Waals surface area (Å²) in [4.78, 5) is 42.6. The van der Waals surface area contributed by atoms with E-state index in [1.54, 1.807) is 39.8 Å². The number of hydrogen-bond donors (Lipinski definition) is 0. The Morgan fingerprint density at radius 1 is 1.08 bits per heavy atom. The molecular formula is C28H30N2O6. The first-order valence-corrected chi connectivity index (χ1v) is 12.2. The Morgan fingerprint density at radius 3 is 2.42 bits per heavy atom. The summed E-state index contributed by atoms with van der Waals surface area (Å²) in [6, 6.07) is 16.1. The molecule has 188 valence electrons. The number of rotatable bonds is 8. The topological polar surface area (TPSA) is 108 Å². The first kappa shape index (κ1) is 25.3. The van der Waals surface area contributed by atoms with Crippen molar-refractivity contribution in [3.05, 3.63) is 87.1 Å². The predicted octanol–water partition coefficient (Wildman–Crippen LogP) is 5.34. The van der Waals surface area contributed by atoms with Crippen molar-refractivity contribution in [3.8, 4) is 0 Å². The highest BCUT2D eigenvalue weighted by atomic mass is 16.6. The van der Waals surface area contributed by atoms with Gasteiger partial charge in [-0.05, 0) is 51.2 Å². The van der Waals surface area contributed by atoms with Gasteiger partial charge >= 0.3 is 11.9 Å². The zero-order valence-electron chi connectivity index (χ0n) is 20.8. The monoisotopic (exact) mass is 490 g/mol. The second-order valence-electron chi connectivity index (χ2n) is 9.43. The lowest BCUT2D eigenvalue weighted by molar-refractivity contribution is -0.384. The van der Waals surface area contributed by atoms with Crippen LogP contribution in [0.1, 0.15) is 57.1 Å². The molecule has 0 amide bonds. The van der Waals surface area contributed by atoms with Crippen LogP contribution in [-0.4, -0.2) is 35.3 Å². The van der Waals surface area contributed by atoms with Crippen molar-refractivity contribution >= 4 is 23.3 Å². The van der Waals surface area contributed by atoms with Crippen molar-refractivity contribution < 1.29 is 24.0 Å². The molecule has 8 heteroatoms. The predicted molar refractivity (Wildman–Crippen MR) is 135 cm³/mol. The summed E-state index contributed by atoms with van der Waals surface area (Å²) in [6.45, 7) is 7.11. The highest BCUT2D eigenvalue weighted by Crippen LogP contribution is 2.56. The molecule has 2 aromatic rings. The smallest absolute Gasteiger partial charge is 0.336 e. The molecular weight excluding hydrogens is 460 g/mol. The fraction of sp³-hybridized carbons (Fsp3) is 0.393. The van der Waals surface area contributed by atoms with Crippen molar-refractivity contribution in [1.29, 1.82) is 0 Å². The molecule has 1 aliphatic heterocycles. The number of carbonyl (C=O) groups is 2. The second kappa shape index (κ2) is 10.4. The summed E-state index contributed by atoms with van der Waals surface area (Å²) in [5, 5.41) is 11.5. The van der Waals surface area contributed by atoms with E-state index in [1.807, 2.05) is 18.2 Å². The summed E-state index contributed by atoms with van der Waals surface area (Å²) >= 11 is 0. The summed E-state index contributed by atoms with van der Waals surface area (Å²) in [6.07, 6.45) is 0.431. The van der Waals surface area contributed by atoms with E-state index in [2.05, 4.69) is 12.1 Å². The summed E-state index contributed by atoms with van der Waals surface area (Å²) < 4.78 is 11.0. The molecule has 4 atom stereocenters. The molecule has 8 nitrogen and oxygen atoms in total. The largest absolute Gasteiger partial charge is 0.463 e. The van der Waals surface area contributed by atoms with E-state index in [1.165, 1.54) is 12.1 Å². The first-order valence-electron chi connectivity index (χ1n) is 12.2. The molecule has 2 aromatic carbocycles. The lowest BCUT2D eigenvalue weighted by Gasteiger charge is -2.33. The van der Waals surface area contributed by atoms with Gasteiger partial charge in [0.2, 0.25) is 0 Å². The number of non-ortho nitro benzene ring substituents is 1. The Kier molecular flexibility index (Phi) is 7.33. The van der Waals surface area contributed by atoms with Crippen molar-refractivity contribution in [3.63, 3.8) is 0 Å². The molecule has 36 heavy (non-hydrogen) atoms. The number of carbonyl (C=O) groups excluding carboxylic acids is 2. The lowest BCUT2D eigenvalue weighted by Crippen LogP contribution is -2.38. The second-order valence-corrected chi connectivity index (χ2v) is 9.43. The van der Waals surface area contributed by atoms with Gasteiger partial charge in [0.25, 0.3) is 5.69 Å². The molecule has 1 fully saturated rings. The van der Waals surface area contributed by atoms with Crippen LogP contribution >= 0.6 is 0 Å². The summed E-state index contributed by atoms with van der Waals surface area (Å²) in [5.41, 5.74) is 2.88. The van der Waals surface area contributed by atoms with Crippen LogP contribution in [0.4, 0.5) is 5.69 Å². The first-order chi connectivity index (χ1) is 17.2. The fourth-order valence-corrected chi connectivity index (χ4v) is 4.98. The zero-order chi connectivity index (χ0) is 26.0. The molecule has 1 saturated carbocycles. The molecule has 0 spiro atoms. The fourth-order valence-electron chi connectivity index (χ4n) is 4.98. The van der Waals surface area contributed by atoms with E-state index in [4.69, 9.17) is 14.5 Å². The molecule has 1 heterocycles. The molecule has 0 bridgehead atoms. The number of esters is 2.